The lowest BCUT2D eigenvalue weighted by molar-refractivity contribution is -0.137. The number of nitrogens with one attached hydrogen (secondary N) is 3. The largest absolute Gasteiger partial charge is 0.416 e. The Bertz CT molecular complexity index is 1630. The van der Waals surface area contributed by atoms with Crippen molar-refractivity contribution < 1.29 is 17.6 Å². The second kappa shape index (κ2) is 8.91. The van der Waals surface area contributed by atoms with E-state index >= 15 is 0 Å². The molecule has 0 aliphatic heterocycles. The molecule has 13 heteroatoms. The van der Waals surface area contributed by atoms with Gasteiger partial charge in [0, 0.05) is 0 Å². The highest BCUT2D eigenvalue weighted by Crippen LogP contribution is 2.31. The van der Waals surface area contributed by atoms with Gasteiger partial charge in [0.15, 0.2) is 17.3 Å². The lowest BCUT2D eigenvalue weighted by Gasteiger charge is -2.23. The number of halogens is 4. The minimum Gasteiger partial charge on any atom is -0.358 e. The molecule has 0 aliphatic carbocycles. The Kier molecular flexibility index (Phi) is 5.74. The number of aromatic nitrogens is 6. The Labute approximate surface area is 200 Å². The van der Waals surface area contributed by atoms with Gasteiger partial charge >= 0.3 is 6.18 Å². The van der Waals surface area contributed by atoms with Crippen LogP contribution in [-0.4, -0.2) is 29.6 Å². The minimum atomic E-state index is -4.59. The smallest absolute Gasteiger partial charge is 0.358 e. The van der Waals surface area contributed by atoms with E-state index in [4.69, 9.17) is 0 Å². The fraction of sp³-hybridized carbons (Fsp3) is 0.174. The van der Waals surface area contributed by atoms with Gasteiger partial charge in [-0.15, -0.1) is 0 Å². The van der Waals surface area contributed by atoms with E-state index < -0.39 is 29.2 Å². The number of H-pyrrole nitrogens is 1. The zero-order chi connectivity index (χ0) is 25.4. The van der Waals surface area contributed by atoms with Gasteiger partial charge in [-0.1, -0.05) is 19.1 Å². The molecule has 3 aromatic heterocycles. The van der Waals surface area contributed by atoms with Gasteiger partial charge in [-0.05, 0) is 36.8 Å². The molecule has 1 unspecified atom stereocenters. The van der Waals surface area contributed by atoms with Gasteiger partial charge in [0.2, 0.25) is 0 Å². The molecular formula is C23H18F4N8O. The Morgan fingerprint density at radius 2 is 1.92 bits per heavy atom. The normalized spacial score (nSPS) is 12.7. The fourth-order valence-electron chi connectivity index (χ4n) is 3.83. The summed E-state index contributed by atoms with van der Waals surface area (Å²) in [7, 11) is 0. The molecule has 3 N–H and O–H groups in total. The number of imidazole rings is 1. The zero-order valence-electron chi connectivity index (χ0n) is 18.6. The van der Waals surface area contributed by atoms with Gasteiger partial charge in [-0.3, -0.25) is 10.2 Å². The molecule has 5 aromatic rings. The molecule has 0 spiro atoms. The first-order valence-corrected chi connectivity index (χ1v) is 10.8. The molecule has 184 valence electrons. The van der Waals surface area contributed by atoms with Crippen LogP contribution in [0.3, 0.4) is 0 Å². The first-order valence-electron chi connectivity index (χ1n) is 10.8. The third-order valence-electron chi connectivity index (χ3n) is 5.56. The Morgan fingerprint density at radius 3 is 2.69 bits per heavy atom. The van der Waals surface area contributed by atoms with Crippen molar-refractivity contribution in [3.63, 3.8) is 0 Å². The SMILES string of the molecule is CCC(Nc1ncnc2nc[nH]c12)c1nc2cccc(F)c2c(=O)n1Nc1cccc(C(F)(F)F)c1. The summed E-state index contributed by atoms with van der Waals surface area (Å²) in [6.07, 6.45) is -1.44. The van der Waals surface area contributed by atoms with Crippen LogP contribution >= 0.6 is 0 Å². The highest BCUT2D eigenvalue weighted by Gasteiger charge is 2.30. The average Bonchev–Trinajstić information content (AvgIpc) is 3.34. The van der Waals surface area contributed by atoms with Crippen molar-refractivity contribution >= 4 is 33.6 Å². The number of anilines is 2. The summed E-state index contributed by atoms with van der Waals surface area (Å²) in [4.78, 5) is 33.2. The molecule has 9 nitrogen and oxygen atoms in total. The molecule has 36 heavy (non-hydrogen) atoms. The summed E-state index contributed by atoms with van der Waals surface area (Å²) in [5.41, 5.74) is 1.98. The van der Waals surface area contributed by atoms with E-state index in [1.807, 2.05) is 6.92 Å². The Morgan fingerprint density at radius 1 is 1.11 bits per heavy atom. The number of hydrogen-bond acceptors (Lipinski definition) is 7. The van der Waals surface area contributed by atoms with Crippen molar-refractivity contribution in [3.8, 4) is 0 Å². The predicted octanol–water partition coefficient (Wildman–Crippen LogP) is 4.66. The Hall–Kier alpha value is -4.55. The van der Waals surface area contributed by atoms with E-state index in [2.05, 4.69) is 35.7 Å². The van der Waals surface area contributed by atoms with Crippen molar-refractivity contribution in [2.24, 2.45) is 0 Å². The van der Waals surface area contributed by atoms with Crippen LogP contribution in [0.25, 0.3) is 22.1 Å². The van der Waals surface area contributed by atoms with E-state index in [0.29, 0.717) is 23.4 Å². The quantitative estimate of drug-likeness (QED) is 0.292. The second-order valence-electron chi connectivity index (χ2n) is 7.86. The first-order chi connectivity index (χ1) is 17.3. The number of aromatic amines is 1. The first kappa shape index (κ1) is 23.2. The number of rotatable bonds is 6. The molecule has 5 rings (SSSR count). The van der Waals surface area contributed by atoms with Crippen LogP contribution in [0.2, 0.25) is 0 Å². The van der Waals surface area contributed by atoms with Gasteiger partial charge in [-0.25, -0.2) is 29.0 Å². The monoisotopic (exact) mass is 498 g/mol. The van der Waals surface area contributed by atoms with Crippen LogP contribution in [0.15, 0.2) is 59.9 Å². The molecule has 0 saturated heterocycles. The predicted molar refractivity (Wildman–Crippen MR) is 125 cm³/mol. The molecule has 3 heterocycles. The molecular weight excluding hydrogens is 480 g/mol. The fourth-order valence-corrected chi connectivity index (χ4v) is 3.83. The lowest BCUT2D eigenvalue weighted by Crippen LogP contribution is -2.34. The van der Waals surface area contributed by atoms with Gasteiger partial charge in [0.05, 0.1) is 29.1 Å². The molecule has 0 saturated carbocycles. The van der Waals surface area contributed by atoms with E-state index in [1.165, 1.54) is 36.9 Å². The van der Waals surface area contributed by atoms with Crippen LogP contribution in [0.5, 0.6) is 0 Å². The van der Waals surface area contributed by atoms with Crippen LogP contribution < -0.4 is 16.3 Å². The summed E-state index contributed by atoms with van der Waals surface area (Å²) in [6, 6.07) is 7.70. The highest BCUT2D eigenvalue weighted by molar-refractivity contribution is 5.82. The van der Waals surface area contributed by atoms with Gasteiger partial charge < -0.3 is 10.3 Å². The molecule has 0 fully saturated rings. The number of nitrogens with zero attached hydrogens (tertiary/aromatic N) is 5. The summed E-state index contributed by atoms with van der Waals surface area (Å²) < 4.78 is 55.4. The van der Waals surface area contributed by atoms with Gasteiger partial charge in [0.1, 0.15) is 23.0 Å². The zero-order valence-corrected chi connectivity index (χ0v) is 18.6. The standard InChI is InChI=1S/C23H18F4N8O/c1-2-15(32-20-18-19(29-10-28-18)30-11-31-20)21-33-16-8-4-7-14(24)17(16)22(36)35(21)34-13-6-3-5-12(9-13)23(25,26)27/h3-11,15,34H,2H2,1H3,(H2,28,29,30,31,32). The van der Waals surface area contributed by atoms with E-state index in [1.54, 1.807) is 0 Å². The molecule has 0 bridgehead atoms. The van der Waals surface area contributed by atoms with E-state index in [-0.39, 0.29) is 22.4 Å². The summed E-state index contributed by atoms with van der Waals surface area (Å²) in [5.74, 6) is -0.306. The molecule has 0 aliphatic rings. The van der Waals surface area contributed by atoms with Crippen molar-refractivity contribution in [1.29, 1.82) is 0 Å². The van der Waals surface area contributed by atoms with Gasteiger partial charge in [0.25, 0.3) is 5.56 Å². The van der Waals surface area contributed by atoms with E-state index in [9.17, 15) is 22.4 Å². The number of fused-ring (bicyclic) bond motifs is 2. The van der Waals surface area contributed by atoms with Crippen molar-refractivity contribution in [2.45, 2.75) is 25.6 Å². The highest BCUT2D eigenvalue weighted by atomic mass is 19.4. The van der Waals surface area contributed by atoms with Crippen LogP contribution in [0.4, 0.5) is 29.1 Å². The second-order valence-corrected chi connectivity index (χ2v) is 7.86. The Balaban J connectivity index is 1.66. The van der Waals surface area contributed by atoms with Crippen LogP contribution in [0, 0.1) is 5.82 Å². The summed E-state index contributed by atoms with van der Waals surface area (Å²) in [5, 5.41) is 2.89. The van der Waals surface area contributed by atoms with Crippen molar-refractivity contribution in [2.75, 3.05) is 10.7 Å². The van der Waals surface area contributed by atoms with Crippen molar-refractivity contribution in [3.05, 3.63) is 82.7 Å². The summed E-state index contributed by atoms with van der Waals surface area (Å²) in [6.45, 7) is 1.82. The topological polar surface area (TPSA) is 113 Å². The van der Waals surface area contributed by atoms with Crippen molar-refractivity contribution in [1.82, 2.24) is 29.6 Å². The van der Waals surface area contributed by atoms with Crippen LogP contribution in [0.1, 0.15) is 30.8 Å². The number of hydrogen-bond donors (Lipinski definition) is 3. The van der Waals surface area contributed by atoms with Crippen LogP contribution in [-0.2, 0) is 6.18 Å². The lowest BCUT2D eigenvalue weighted by atomic mass is 10.1. The third kappa shape index (κ3) is 4.19. The average molecular weight is 498 g/mol. The molecule has 1 atom stereocenters. The number of alkyl halides is 3. The third-order valence-corrected chi connectivity index (χ3v) is 5.56. The molecule has 0 radical (unpaired) electrons. The molecule has 0 amide bonds. The summed E-state index contributed by atoms with van der Waals surface area (Å²) >= 11 is 0. The van der Waals surface area contributed by atoms with E-state index in [0.717, 1.165) is 22.9 Å². The minimum absolute atomic E-state index is 0.0292. The maximum atomic E-state index is 14.6. The van der Waals surface area contributed by atoms with Gasteiger partial charge in [-0.2, -0.15) is 13.2 Å². The maximum Gasteiger partial charge on any atom is 0.416 e. The molecule has 2 aromatic carbocycles. The maximum absolute atomic E-state index is 14.6. The number of benzene rings is 2.